The van der Waals surface area contributed by atoms with Gasteiger partial charge in [0, 0.05) is 28.8 Å². The van der Waals surface area contributed by atoms with E-state index in [2.05, 4.69) is 41.9 Å². The highest BCUT2D eigenvalue weighted by Gasteiger charge is 2.29. The summed E-state index contributed by atoms with van der Waals surface area (Å²) >= 11 is 5.30. The number of carbonyl (C=O) groups is 1. The highest BCUT2D eigenvalue weighted by Crippen LogP contribution is 2.23. The summed E-state index contributed by atoms with van der Waals surface area (Å²) in [5.74, 6) is 0.261. The molecule has 1 aliphatic rings. The van der Waals surface area contributed by atoms with Gasteiger partial charge in [-0.1, -0.05) is 15.9 Å². The van der Waals surface area contributed by atoms with Crippen LogP contribution in [0.3, 0.4) is 0 Å². The molecule has 1 aliphatic heterocycles. The molecule has 0 aromatic carbocycles. The topological polar surface area (TPSA) is 20.3 Å². The highest BCUT2D eigenvalue weighted by molar-refractivity contribution is 9.10. The summed E-state index contributed by atoms with van der Waals surface area (Å²) in [4.78, 5) is 16.8. The number of halogens is 1. The molecule has 1 saturated heterocycles. The molecule has 0 N–H and O–H groups in total. The maximum atomic E-state index is 12.0. The Balaban J connectivity index is 1.99. The Morgan fingerprint density at radius 1 is 1.59 bits per heavy atom. The van der Waals surface area contributed by atoms with Crippen LogP contribution in [0, 0.1) is 6.92 Å². The van der Waals surface area contributed by atoms with Gasteiger partial charge in [0.1, 0.15) is 0 Å². The van der Waals surface area contributed by atoms with Crippen molar-refractivity contribution in [1.82, 2.24) is 4.90 Å². The van der Waals surface area contributed by atoms with E-state index in [0.29, 0.717) is 6.04 Å². The Bertz CT molecular complexity index is 404. The number of thiophene rings is 1. The van der Waals surface area contributed by atoms with Crippen LogP contribution in [0.2, 0.25) is 0 Å². The number of piperidine rings is 1. The van der Waals surface area contributed by atoms with Crippen LogP contribution in [0.25, 0.3) is 0 Å². The summed E-state index contributed by atoms with van der Waals surface area (Å²) in [6.45, 7) is 5.18. The quantitative estimate of drug-likeness (QED) is 0.783. The fourth-order valence-corrected chi connectivity index (χ4v) is 3.89. The zero-order valence-electron chi connectivity index (χ0n) is 10.3. The molecule has 0 spiro atoms. The summed E-state index contributed by atoms with van der Waals surface area (Å²) in [6.07, 6.45) is 3.06. The van der Waals surface area contributed by atoms with E-state index in [1.807, 2.05) is 16.2 Å². The zero-order valence-corrected chi connectivity index (χ0v) is 12.7. The van der Waals surface area contributed by atoms with Crippen LogP contribution < -0.4 is 0 Å². The maximum absolute atomic E-state index is 12.0. The Kier molecular flexibility index (Phi) is 4.26. The Morgan fingerprint density at radius 3 is 3.00 bits per heavy atom. The van der Waals surface area contributed by atoms with Crippen LogP contribution in [-0.4, -0.2) is 28.2 Å². The molecule has 1 fully saturated rings. The van der Waals surface area contributed by atoms with Crippen molar-refractivity contribution in [2.24, 2.45) is 0 Å². The van der Waals surface area contributed by atoms with Gasteiger partial charge in [0.15, 0.2) is 0 Å². The molecule has 1 aromatic heterocycles. The van der Waals surface area contributed by atoms with Gasteiger partial charge in [-0.25, -0.2) is 0 Å². The van der Waals surface area contributed by atoms with Gasteiger partial charge in [-0.05, 0) is 38.8 Å². The number of nitrogens with zero attached hydrogens (tertiary/aromatic N) is 1. The molecule has 2 heterocycles. The van der Waals surface area contributed by atoms with Crippen molar-refractivity contribution < 1.29 is 4.79 Å². The zero-order chi connectivity index (χ0) is 12.4. The number of carbonyl (C=O) groups excluding carboxylic acids is 1. The van der Waals surface area contributed by atoms with Gasteiger partial charge in [0.05, 0.1) is 4.83 Å². The van der Waals surface area contributed by atoms with Crippen LogP contribution in [0.15, 0.2) is 12.1 Å². The third kappa shape index (κ3) is 3.10. The molecule has 4 heteroatoms. The minimum Gasteiger partial charge on any atom is -0.339 e. The summed E-state index contributed by atoms with van der Waals surface area (Å²) in [5, 5.41) is 0. The van der Waals surface area contributed by atoms with Crippen molar-refractivity contribution in [3.05, 3.63) is 21.9 Å². The molecule has 17 heavy (non-hydrogen) atoms. The molecule has 2 nitrogen and oxygen atoms in total. The van der Waals surface area contributed by atoms with Crippen molar-refractivity contribution in [2.45, 2.75) is 44.0 Å². The second-order valence-electron chi connectivity index (χ2n) is 4.71. The van der Waals surface area contributed by atoms with Gasteiger partial charge in [-0.2, -0.15) is 0 Å². The predicted octanol–water partition coefficient (Wildman–Crippen LogP) is 3.37. The molecule has 94 valence electrons. The molecular weight excluding hydrogens is 298 g/mol. The summed E-state index contributed by atoms with van der Waals surface area (Å²) in [5.41, 5.74) is 0. The Morgan fingerprint density at radius 2 is 2.35 bits per heavy atom. The number of hydrogen-bond acceptors (Lipinski definition) is 2. The van der Waals surface area contributed by atoms with Gasteiger partial charge in [-0.3, -0.25) is 4.79 Å². The summed E-state index contributed by atoms with van der Waals surface area (Å²) in [7, 11) is 0. The fraction of sp³-hybridized carbons (Fsp3) is 0.615. The summed E-state index contributed by atoms with van der Waals surface area (Å²) < 4.78 is 0. The molecule has 2 unspecified atom stereocenters. The van der Waals surface area contributed by atoms with E-state index in [-0.39, 0.29) is 10.7 Å². The molecule has 1 aromatic rings. The van der Waals surface area contributed by atoms with Crippen molar-refractivity contribution in [3.63, 3.8) is 0 Å². The lowest BCUT2D eigenvalue weighted by atomic mass is 10.1. The average molecular weight is 316 g/mol. The number of amides is 1. The number of likely N-dealkylation sites (tertiary alicyclic amines) is 1. The van der Waals surface area contributed by atoms with Crippen molar-refractivity contribution in [2.75, 3.05) is 6.54 Å². The SMILES string of the molecule is Cc1ccc(CC(C)N2CCCC(Br)C2=O)s1. The van der Waals surface area contributed by atoms with Crippen molar-refractivity contribution in [3.8, 4) is 0 Å². The maximum Gasteiger partial charge on any atom is 0.236 e. The van der Waals surface area contributed by atoms with Gasteiger partial charge < -0.3 is 4.90 Å². The van der Waals surface area contributed by atoms with Crippen LogP contribution >= 0.6 is 27.3 Å². The third-order valence-electron chi connectivity index (χ3n) is 3.23. The van der Waals surface area contributed by atoms with E-state index in [1.54, 1.807) is 0 Å². The molecular formula is C13H18BrNOS. The second kappa shape index (κ2) is 5.53. The molecule has 1 amide bonds. The fourth-order valence-electron chi connectivity index (χ4n) is 2.29. The van der Waals surface area contributed by atoms with Crippen molar-refractivity contribution >= 4 is 33.2 Å². The number of alkyl halides is 1. The minimum absolute atomic E-state index is 0.0313. The lowest BCUT2D eigenvalue weighted by Crippen LogP contribution is -2.47. The highest BCUT2D eigenvalue weighted by atomic mass is 79.9. The Hall–Kier alpha value is -0.350. The molecule has 0 aliphatic carbocycles. The molecule has 2 atom stereocenters. The second-order valence-corrected chi connectivity index (χ2v) is 7.18. The normalized spacial score (nSPS) is 22.9. The molecule has 0 saturated carbocycles. The van der Waals surface area contributed by atoms with E-state index >= 15 is 0 Å². The molecule has 0 radical (unpaired) electrons. The smallest absolute Gasteiger partial charge is 0.236 e. The van der Waals surface area contributed by atoms with Gasteiger partial charge in [0.25, 0.3) is 0 Å². The Labute approximate surface area is 115 Å². The first kappa shape index (κ1) is 13.1. The lowest BCUT2D eigenvalue weighted by Gasteiger charge is -2.34. The van der Waals surface area contributed by atoms with Crippen molar-refractivity contribution in [1.29, 1.82) is 0 Å². The first-order valence-electron chi connectivity index (χ1n) is 6.08. The van der Waals surface area contributed by atoms with Gasteiger partial charge >= 0.3 is 0 Å². The minimum atomic E-state index is 0.0313. The van der Waals surface area contributed by atoms with Gasteiger partial charge in [0.2, 0.25) is 5.91 Å². The number of rotatable bonds is 3. The average Bonchev–Trinajstić information content (AvgIpc) is 2.68. The van der Waals surface area contributed by atoms with Crippen LogP contribution in [0.1, 0.15) is 29.5 Å². The van der Waals surface area contributed by atoms with Crippen LogP contribution in [0.4, 0.5) is 0 Å². The van der Waals surface area contributed by atoms with Crippen LogP contribution in [-0.2, 0) is 11.2 Å². The summed E-state index contributed by atoms with van der Waals surface area (Å²) in [6, 6.07) is 4.63. The van der Waals surface area contributed by atoms with Crippen LogP contribution in [0.5, 0.6) is 0 Å². The first-order chi connectivity index (χ1) is 8.08. The number of aryl methyl sites for hydroxylation is 1. The van der Waals surface area contributed by atoms with E-state index in [1.165, 1.54) is 9.75 Å². The molecule has 0 bridgehead atoms. The van der Waals surface area contributed by atoms with E-state index in [4.69, 9.17) is 0 Å². The lowest BCUT2D eigenvalue weighted by molar-refractivity contribution is -0.134. The van der Waals surface area contributed by atoms with E-state index in [0.717, 1.165) is 25.8 Å². The third-order valence-corrected chi connectivity index (χ3v) is 5.10. The predicted molar refractivity (Wildman–Crippen MR) is 75.9 cm³/mol. The monoisotopic (exact) mass is 315 g/mol. The van der Waals surface area contributed by atoms with Gasteiger partial charge in [-0.15, -0.1) is 11.3 Å². The standard InChI is InChI=1S/C13H18BrNOS/c1-9(8-11-6-5-10(2)17-11)15-7-3-4-12(14)13(15)16/h5-6,9,12H,3-4,7-8H2,1-2H3. The number of hydrogen-bond donors (Lipinski definition) is 0. The largest absolute Gasteiger partial charge is 0.339 e. The van der Waals surface area contributed by atoms with E-state index in [9.17, 15) is 4.79 Å². The molecule has 2 rings (SSSR count). The van der Waals surface area contributed by atoms with E-state index < -0.39 is 0 Å². The first-order valence-corrected chi connectivity index (χ1v) is 7.81.